The monoisotopic (exact) mass is 523 g/mol. The highest BCUT2D eigenvalue weighted by Crippen LogP contribution is 2.64. The van der Waals surface area contributed by atoms with E-state index in [1.807, 2.05) is 30.3 Å². The Bertz CT molecular complexity index is 1350. The number of nitrogens with zero attached hydrogens (tertiary/aromatic N) is 3. The standard InChI is InChI=1S/C28H24F3N3O4/c1-33-21-9-8-19(16-20(21)28(29,30)31)34-24(35)22-23(25(34)36)27(12-11-26(22,38-27)10-5-14-32)13-15-37-17-18-6-3-2-4-7-18/h2-4,6-9,16,22-23H,5,10-13,15,17H2/t22-,23+,26?,27?/m1/s1. The van der Waals surface area contributed by atoms with Gasteiger partial charge in [0.1, 0.15) is 0 Å². The van der Waals surface area contributed by atoms with Crippen LogP contribution >= 0.6 is 0 Å². The minimum Gasteiger partial charge on any atom is -0.377 e. The lowest BCUT2D eigenvalue weighted by molar-refractivity contribution is -0.137. The predicted molar refractivity (Wildman–Crippen MR) is 129 cm³/mol. The molecule has 0 radical (unpaired) electrons. The zero-order valence-corrected chi connectivity index (χ0v) is 20.3. The van der Waals surface area contributed by atoms with Crippen LogP contribution in [0, 0.1) is 29.7 Å². The van der Waals surface area contributed by atoms with Gasteiger partial charge in [-0.05, 0) is 37.0 Å². The number of ether oxygens (including phenoxy) is 2. The van der Waals surface area contributed by atoms with E-state index in [1.54, 1.807) is 0 Å². The third-order valence-corrected chi connectivity index (χ3v) is 7.92. The molecule has 5 rings (SSSR count). The fraction of sp³-hybridized carbons (Fsp3) is 0.429. The smallest absolute Gasteiger partial charge is 0.377 e. The molecule has 38 heavy (non-hydrogen) atoms. The summed E-state index contributed by atoms with van der Waals surface area (Å²) in [5.41, 5.74) is -3.11. The van der Waals surface area contributed by atoms with Crippen molar-refractivity contribution in [2.75, 3.05) is 11.5 Å². The van der Waals surface area contributed by atoms with Gasteiger partial charge in [-0.3, -0.25) is 9.59 Å². The molecule has 3 saturated heterocycles. The number of anilines is 1. The van der Waals surface area contributed by atoms with E-state index in [1.165, 1.54) is 6.07 Å². The summed E-state index contributed by atoms with van der Waals surface area (Å²) in [6.45, 7) is 7.68. The van der Waals surface area contributed by atoms with Crippen molar-refractivity contribution in [2.45, 2.75) is 56.1 Å². The summed E-state index contributed by atoms with van der Waals surface area (Å²) in [6.07, 6.45) is -3.20. The molecule has 2 bridgehead atoms. The molecule has 2 unspecified atom stereocenters. The number of nitriles is 1. The van der Waals surface area contributed by atoms with Gasteiger partial charge in [-0.1, -0.05) is 36.4 Å². The number of imide groups is 1. The van der Waals surface area contributed by atoms with Crippen LogP contribution in [-0.4, -0.2) is 29.6 Å². The third kappa shape index (κ3) is 4.14. The van der Waals surface area contributed by atoms with E-state index in [0.717, 1.165) is 16.5 Å². The van der Waals surface area contributed by atoms with Gasteiger partial charge < -0.3 is 9.47 Å². The number of hydrogen-bond donors (Lipinski definition) is 0. The Morgan fingerprint density at radius 2 is 1.74 bits per heavy atom. The van der Waals surface area contributed by atoms with Gasteiger partial charge in [0.05, 0.1) is 47.8 Å². The number of rotatable bonds is 8. The Morgan fingerprint density at radius 1 is 1.08 bits per heavy atom. The number of halogens is 3. The fourth-order valence-corrected chi connectivity index (χ4v) is 6.28. The normalized spacial score (nSPS) is 27.9. The highest BCUT2D eigenvalue weighted by Gasteiger charge is 2.75. The molecule has 0 aromatic heterocycles. The summed E-state index contributed by atoms with van der Waals surface area (Å²) in [7, 11) is 0. The lowest BCUT2D eigenvalue weighted by Gasteiger charge is -2.31. The van der Waals surface area contributed by atoms with E-state index in [2.05, 4.69) is 10.9 Å². The molecule has 3 aliphatic rings. The van der Waals surface area contributed by atoms with Crippen molar-refractivity contribution in [3.63, 3.8) is 0 Å². The van der Waals surface area contributed by atoms with E-state index in [-0.39, 0.29) is 25.1 Å². The van der Waals surface area contributed by atoms with Crippen LogP contribution in [0.2, 0.25) is 0 Å². The van der Waals surface area contributed by atoms with Gasteiger partial charge >= 0.3 is 6.18 Å². The Kier molecular flexibility index (Phi) is 6.50. The zero-order valence-electron chi connectivity index (χ0n) is 20.3. The van der Waals surface area contributed by atoms with Crippen molar-refractivity contribution in [3.8, 4) is 6.07 Å². The van der Waals surface area contributed by atoms with Crippen LogP contribution in [0.15, 0.2) is 48.5 Å². The molecule has 2 amide bonds. The molecule has 2 aromatic rings. The van der Waals surface area contributed by atoms with Crippen LogP contribution in [0.25, 0.3) is 4.85 Å². The van der Waals surface area contributed by atoms with Gasteiger partial charge in [-0.2, -0.15) is 18.4 Å². The first kappa shape index (κ1) is 25.9. The van der Waals surface area contributed by atoms with Gasteiger partial charge in [0, 0.05) is 25.1 Å². The number of fused-ring (bicyclic) bond motifs is 5. The Balaban J connectivity index is 1.45. The molecule has 7 nitrogen and oxygen atoms in total. The van der Waals surface area contributed by atoms with E-state index < -0.39 is 52.3 Å². The number of alkyl halides is 3. The van der Waals surface area contributed by atoms with Gasteiger partial charge in [0.15, 0.2) is 5.69 Å². The summed E-state index contributed by atoms with van der Waals surface area (Å²) in [6, 6.07) is 14.5. The quantitative estimate of drug-likeness (QED) is 0.257. The fourth-order valence-electron chi connectivity index (χ4n) is 6.28. The molecule has 4 atom stereocenters. The second-order valence-electron chi connectivity index (χ2n) is 9.96. The summed E-state index contributed by atoms with van der Waals surface area (Å²) >= 11 is 0. The van der Waals surface area contributed by atoms with Crippen molar-refractivity contribution >= 4 is 23.2 Å². The maximum absolute atomic E-state index is 13.8. The first-order valence-corrected chi connectivity index (χ1v) is 12.3. The van der Waals surface area contributed by atoms with Crippen molar-refractivity contribution in [3.05, 3.63) is 71.1 Å². The number of carbonyl (C=O) groups is 2. The van der Waals surface area contributed by atoms with Crippen molar-refractivity contribution in [1.82, 2.24) is 0 Å². The van der Waals surface area contributed by atoms with Crippen LogP contribution in [0.5, 0.6) is 0 Å². The van der Waals surface area contributed by atoms with Crippen molar-refractivity contribution in [2.24, 2.45) is 11.8 Å². The average molecular weight is 524 g/mol. The highest BCUT2D eigenvalue weighted by atomic mass is 19.4. The number of benzene rings is 2. The minimum absolute atomic E-state index is 0.114. The van der Waals surface area contributed by atoms with Gasteiger partial charge in [-0.15, -0.1) is 0 Å². The first-order chi connectivity index (χ1) is 18.2. The second kappa shape index (κ2) is 9.54. The molecule has 10 heteroatoms. The predicted octanol–water partition coefficient (Wildman–Crippen LogP) is 5.57. The number of carbonyl (C=O) groups excluding carboxylic acids is 2. The van der Waals surface area contributed by atoms with Crippen LogP contribution in [0.3, 0.4) is 0 Å². The van der Waals surface area contributed by atoms with Crippen LogP contribution in [0.1, 0.15) is 43.2 Å². The molecule has 3 heterocycles. The lowest BCUT2D eigenvalue weighted by Crippen LogP contribution is -2.43. The highest BCUT2D eigenvalue weighted by molar-refractivity contribution is 6.23. The molecule has 3 aliphatic heterocycles. The van der Waals surface area contributed by atoms with Gasteiger partial charge in [-0.25, -0.2) is 9.74 Å². The van der Waals surface area contributed by atoms with Crippen molar-refractivity contribution in [1.29, 1.82) is 5.26 Å². The van der Waals surface area contributed by atoms with Crippen molar-refractivity contribution < 1.29 is 32.2 Å². The number of amides is 2. The van der Waals surface area contributed by atoms with Crippen LogP contribution < -0.4 is 4.90 Å². The van der Waals surface area contributed by atoms with E-state index in [4.69, 9.17) is 16.0 Å². The Morgan fingerprint density at radius 3 is 2.34 bits per heavy atom. The summed E-state index contributed by atoms with van der Waals surface area (Å²) in [5.74, 6) is -3.04. The molecule has 0 saturated carbocycles. The summed E-state index contributed by atoms with van der Waals surface area (Å²) in [4.78, 5) is 31.2. The van der Waals surface area contributed by atoms with Gasteiger partial charge in [0.2, 0.25) is 11.8 Å². The zero-order chi connectivity index (χ0) is 27.1. The molecule has 196 valence electrons. The molecule has 0 spiro atoms. The SMILES string of the molecule is [C-]#[N+]c1ccc(N2C(=O)[C@@H]3[C@H](C2=O)C2(CCC#N)CCC3(CCOCc3ccccc3)O2)cc1C(F)(F)F. The van der Waals surface area contributed by atoms with Gasteiger partial charge in [0.25, 0.3) is 0 Å². The van der Waals surface area contributed by atoms with Crippen LogP contribution in [-0.2, 0) is 31.8 Å². The molecular weight excluding hydrogens is 499 g/mol. The topological polar surface area (TPSA) is 84.0 Å². The average Bonchev–Trinajstić information content (AvgIpc) is 3.51. The maximum Gasteiger partial charge on any atom is 0.407 e. The number of hydrogen-bond acceptors (Lipinski definition) is 5. The molecule has 0 aliphatic carbocycles. The molecule has 0 N–H and O–H groups in total. The first-order valence-electron chi connectivity index (χ1n) is 12.3. The summed E-state index contributed by atoms with van der Waals surface area (Å²) in [5, 5.41) is 9.22. The van der Waals surface area contributed by atoms with E-state index in [9.17, 15) is 28.0 Å². The van der Waals surface area contributed by atoms with Crippen LogP contribution in [0.4, 0.5) is 24.5 Å². The Hall–Kier alpha value is -3.73. The lowest BCUT2D eigenvalue weighted by atomic mass is 9.65. The Labute approximate surface area is 217 Å². The largest absolute Gasteiger partial charge is 0.407 e. The molecule has 2 aromatic carbocycles. The van der Waals surface area contributed by atoms with E-state index in [0.29, 0.717) is 31.9 Å². The van der Waals surface area contributed by atoms with E-state index >= 15 is 0 Å². The third-order valence-electron chi connectivity index (χ3n) is 7.92. The molecular formula is C28H24F3N3O4. The summed E-state index contributed by atoms with van der Waals surface area (Å²) < 4.78 is 53.2. The maximum atomic E-state index is 13.8. The second-order valence-corrected chi connectivity index (χ2v) is 9.96. The minimum atomic E-state index is -4.83. The molecule has 3 fully saturated rings.